The van der Waals surface area contributed by atoms with Gasteiger partial charge in [-0.25, -0.2) is 4.98 Å². The number of nitrogens with one attached hydrogen (secondary N) is 1. The van der Waals surface area contributed by atoms with Crippen LogP contribution in [-0.2, 0) is 21.9 Å². The minimum atomic E-state index is -4.12. The van der Waals surface area contributed by atoms with Crippen molar-refractivity contribution in [3.05, 3.63) is 64.0 Å². The predicted octanol–water partition coefficient (Wildman–Crippen LogP) is 4.29. The van der Waals surface area contributed by atoms with Crippen LogP contribution in [0.5, 0.6) is 0 Å². The summed E-state index contributed by atoms with van der Waals surface area (Å²) in [4.78, 5) is 35.6. The molecular weight excluding hydrogens is 433 g/mol. The summed E-state index contributed by atoms with van der Waals surface area (Å²) in [5, 5.41) is 3.84. The zero-order chi connectivity index (χ0) is 21.0. The summed E-state index contributed by atoms with van der Waals surface area (Å²) in [6.07, 6.45) is 0.392. The van der Waals surface area contributed by atoms with Crippen molar-refractivity contribution in [2.75, 3.05) is 11.1 Å². The lowest BCUT2D eigenvalue weighted by molar-refractivity contribution is -0.116. The van der Waals surface area contributed by atoms with E-state index in [-0.39, 0.29) is 18.5 Å². The zero-order valence-corrected chi connectivity index (χ0v) is 17.7. The van der Waals surface area contributed by atoms with Crippen LogP contribution in [0.4, 0.5) is 10.8 Å². The van der Waals surface area contributed by atoms with Gasteiger partial charge in [0.15, 0.2) is 5.13 Å². The van der Waals surface area contributed by atoms with Gasteiger partial charge in [0.05, 0.1) is 11.9 Å². The molecule has 0 aliphatic carbocycles. The van der Waals surface area contributed by atoms with Gasteiger partial charge in [-0.3, -0.25) is 9.36 Å². The molecule has 1 amide bonds. The van der Waals surface area contributed by atoms with Crippen LogP contribution in [0.25, 0.3) is 11.3 Å². The second kappa shape index (κ2) is 9.07. The van der Waals surface area contributed by atoms with E-state index in [1.54, 1.807) is 36.4 Å². The third-order valence-electron chi connectivity index (χ3n) is 4.04. The molecule has 29 heavy (non-hydrogen) atoms. The van der Waals surface area contributed by atoms with Crippen LogP contribution in [0.2, 0.25) is 5.02 Å². The summed E-state index contributed by atoms with van der Waals surface area (Å²) in [5.74, 6) is -0.179. The van der Waals surface area contributed by atoms with Gasteiger partial charge < -0.3 is 20.8 Å². The number of aromatic nitrogens is 1. The number of thiazole rings is 1. The number of rotatable bonds is 7. The number of nitrogens with zero attached hydrogens (tertiary/aromatic N) is 1. The topological polar surface area (TPSA) is 126 Å². The smallest absolute Gasteiger partial charge is 0.329 e. The van der Waals surface area contributed by atoms with Gasteiger partial charge in [0.2, 0.25) is 5.91 Å². The van der Waals surface area contributed by atoms with Crippen LogP contribution in [0.3, 0.4) is 0 Å². The average molecular weight is 452 g/mol. The van der Waals surface area contributed by atoms with Gasteiger partial charge in [-0.15, -0.1) is 11.3 Å². The molecule has 0 fully saturated rings. The van der Waals surface area contributed by atoms with Crippen LogP contribution in [0.15, 0.2) is 48.5 Å². The first kappa shape index (κ1) is 21.5. The van der Waals surface area contributed by atoms with Crippen LogP contribution in [0, 0.1) is 0 Å². The van der Waals surface area contributed by atoms with Gasteiger partial charge in [-0.1, -0.05) is 35.9 Å². The molecule has 2 aromatic carbocycles. The Labute approximate surface area is 176 Å². The third-order valence-corrected chi connectivity index (χ3v) is 6.01. The van der Waals surface area contributed by atoms with Crippen molar-refractivity contribution in [2.45, 2.75) is 19.0 Å². The van der Waals surface area contributed by atoms with E-state index in [1.807, 2.05) is 12.1 Å². The van der Waals surface area contributed by atoms with Gasteiger partial charge >= 0.3 is 7.60 Å². The number of amides is 1. The number of hydrogen-bond donors (Lipinski definition) is 4. The molecule has 0 saturated carbocycles. The number of carbonyl (C=O) groups excluding carboxylic acids is 1. The molecule has 0 atom stereocenters. The lowest BCUT2D eigenvalue weighted by atomic mass is 10.1. The van der Waals surface area contributed by atoms with Crippen LogP contribution >= 0.6 is 30.5 Å². The Morgan fingerprint density at radius 1 is 1.14 bits per heavy atom. The van der Waals surface area contributed by atoms with Crippen molar-refractivity contribution >= 4 is 47.3 Å². The van der Waals surface area contributed by atoms with E-state index in [0.717, 1.165) is 16.1 Å². The van der Waals surface area contributed by atoms with E-state index in [0.29, 0.717) is 27.8 Å². The lowest BCUT2D eigenvalue weighted by Crippen LogP contribution is -2.12. The van der Waals surface area contributed by atoms with Crippen molar-refractivity contribution < 1.29 is 19.1 Å². The van der Waals surface area contributed by atoms with E-state index in [2.05, 4.69) is 10.3 Å². The van der Waals surface area contributed by atoms with Crippen molar-refractivity contribution in [1.82, 2.24) is 4.98 Å². The molecule has 1 heterocycles. The number of carbonyl (C=O) groups is 1. The highest BCUT2D eigenvalue weighted by Crippen LogP contribution is 2.39. The second-order valence-corrected chi connectivity index (χ2v) is 9.60. The fourth-order valence-electron chi connectivity index (χ4n) is 2.75. The molecule has 3 rings (SSSR count). The Bertz CT molecular complexity index is 1050. The van der Waals surface area contributed by atoms with E-state index in [4.69, 9.17) is 27.1 Å². The summed E-state index contributed by atoms with van der Waals surface area (Å²) in [7, 11) is -4.12. The summed E-state index contributed by atoms with van der Waals surface area (Å²) in [6, 6.07) is 13.7. The van der Waals surface area contributed by atoms with Crippen molar-refractivity contribution in [3.63, 3.8) is 0 Å². The van der Waals surface area contributed by atoms with Gasteiger partial charge in [-0.2, -0.15) is 0 Å². The van der Waals surface area contributed by atoms with E-state index >= 15 is 0 Å². The Kier molecular flexibility index (Phi) is 6.72. The Balaban J connectivity index is 1.61. The molecule has 1 aromatic heterocycles. The number of aryl methyl sites for hydroxylation is 1. The van der Waals surface area contributed by atoms with E-state index in [9.17, 15) is 9.36 Å². The summed E-state index contributed by atoms with van der Waals surface area (Å²) >= 11 is 7.28. The molecular formula is C19H19ClN3O4PS. The highest BCUT2D eigenvalue weighted by atomic mass is 35.5. The van der Waals surface area contributed by atoms with Gasteiger partial charge in [0, 0.05) is 27.6 Å². The van der Waals surface area contributed by atoms with Crippen LogP contribution in [-0.4, -0.2) is 20.7 Å². The molecule has 0 aliphatic heterocycles. The van der Waals surface area contributed by atoms with Gasteiger partial charge in [-0.05, 0) is 36.2 Å². The number of nitrogen functional groups attached to an aromatic ring is 1. The standard InChI is InChI=1S/C19H19ClN3O4PS/c20-14-5-3-13(4-6-14)18-16(29-19(21)23-18)9-10-17(24)22-15-7-1-12(2-8-15)11-28(25,26)27/h1-8H,9-11H2,(H2,21,23)(H,22,24)(H2,25,26,27). The molecule has 3 aromatic rings. The highest BCUT2D eigenvalue weighted by molar-refractivity contribution is 7.50. The predicted molar refractivity (Wildman–Crippen MR) is 116 cm³/mol. The maximum Gasteiger partial charge on any atom is 0.329 e. The first-order valence-corrected chi connectivity index (χ1v) is 11.6. The monoisotopic (exact) mass is 451 g/mol. The molecule has 5 N–H and O–H groups in total. The molecule has 0 spiro atoms. The molecule has 7 nitrogen and oxygen atoms in total. The SMILES string of the molecule is Nc1nc(-c2ccc(Cl)cc2)c(CCC(=O)Nc2ccc(CP(=O)(O)O)cc2)s1. The molecule has 0 saturated heterocycles. The number of nitrogens with two attached hydrogens (primary N) is 1. The van der Waals surface area contributed by atoms with Crippen molar-refractivity contribution in [3.8, 4) is 11.3 Å². The van der Waals surface area contributed by atoms with Crippen LogP contribution in [0.1, 0.15) is 16.9 Å². The summed E-state index contributed by atoms with van der Waals surface area (Å²) < 4.78 is 11.0. The largest absolute Gasteiger partial charge is 0.375 e. The van der Waals surface area contributed by atoms with Crippen molar-refractivity contribution in [2.24, 2.45) is 0 Å². The molecule has 0 unspecified atom stereocenters. The third kappa shape index (κ3) is 6.39. The number of hydrogen-bond acceptors (Lipinski definition) is 5. The van der Waals surface area contributed by atoms with Gasteiger partial charge in [0.1, 0.15) is 0 Å². The average Bonchev–Trinajstić information content (AvgIpc) is 3.02. The fourth-order valence-corrected chi connectivity index (χ4v) is 4.42. The number of anilines is 2. The fraction of sp³-hybridized carbons (Fsp3) is 0.158. The first-order chi connectivity index (χ1) is 13.7. The van der Waals surface area contributed by atoms with Gasteiger partial charge in [0.25, 0.3) is 0 Å². The first-order valence-electron chi connectivity index (χ1n) is 8.64. The molecule has 152 valence electrons. The number of benzene rings is 2. The Morgan fingerprint density at radius 3 is 2.41 bits per heavy atom. The highest BCUT2D eigenvalue weighted by Gasteiger charge is 2.15. The summed E-state index contributed by atoms with van der Waals surface area (Å²) in [6.45, 7) is 0. The minimum Gasteiger partial charge on any atom is -0.375 e. The molecule has 0 aliphatic rings. The Morgan fingerprint density at radius 2 is 1.79 bits per heavy atom. The molecule has 0 radical (unpaired) electrons. The maximum absolute atomic E-state index is 12.3. The van der Waals surface area contributed by atoms with E-state index < -0.39 is 7.60 Å². The number of halogens is 1. The lowest BCUT2D eigenvalue weighted by Gasteiger charge is -2.08. The van der Waals surface area contributed by atoms with Crippen LogP contribution < -0.4 is 11.1 Å². The zero-order valence-electron chi connectivity index (χ0n) is 15.2. The maximum atomic E-state index is 12.3. The minimum absolute atomic E-state index is 0.179. The quantitative estimate of drug-likeness (QED) is 0.397. The normalized spacial score (nSPS) is 11.4. The molecule has 10 heteroatoms. The van der Waals surface area contributed by atoms with Crippen molar-refractivity contribution in [1.29, 1.82) is 0 Å². The molecule has 0 bridgehead atoms. The summed E-state index contributed by atoms with van der Waals surface area (Å²) in [5.41, 5.74) is 8.56. The van der Waals surface area contributed by atoms with E-state index in [1.165, 1.54) is 11.3 Å². The Hall–Kier alpha value is -2.22. The second-order valence-electron chi connectivity index (χ2n) is 6.40.